The van der Waals surface area contributed by atoms with Crippen LogP contribution in [0.5, 0.6) is 0 Å². The molecular formula is C31H41N3. The molecule has 0 radical (unpaired) electrons. The van der Waals surface area contributed by atoms with E-state index in [0.29, 0.717) is 5.92 Å². The van der Waals surface area contributed by atoms with Gasteiger partial charge in [0.25, 0.3) is 0 Å². The van der Waals surface area contributed by atoms with Gasteiger partial charge in [-0.15, -0.1) is 0 Å². The lowest BCUT2D eigenvalue weighted by molar-refractivity contribution is 0.754. The first kappa shape index (κ1) is 25.6. The van der Waals surface area contributed by atoms with Crippen LogP contribution in [0.4, 0.5) is 0 Å². The molecule has 0 aliphatic rings. The van der Waals surface area contributed by atoms with E-state index >= 15 is 0 Å². The van der Waals surface area contributed by atoms with Crippen molar-refractivity contribution in [3.8, 4) is 22.8 Å². The second-order valence-corrected chi connectivity index (χ2v) is 9.64. The molecule has 0 unspecified atom stereocenters. The average Bonchev–Trinajstić information content (AvgIpc) is 3.42. The maximum absolute atomic E-state index is 4.77. The van der Waals surface area contributed by atoms with Crippen molar-refractivity contribution in [2.45, 2.75) is 80.6 Å². The van der Waals surface area contributed by atoms with Gasteiger partial charge in [-0.3, -0.25) is 9.13 Å². The lowest BCUT2D eigenvalue weighted by Crippen LogP contribution is -2.09. The van der Waals surface area contributed by atoms with Crippen molar-refractivity contribution >= 4 is 0 Å². The fourth-order valence-electron chi connectivity index (χ4n) is 4.69. The van der Waals surface area contributed by atoms with Gasteiger partial charge in [0.2, 0.25) is 5.95 Å². The van der Waals surface area contributed by atoms with Crippen LogP contribution in [0.1, 0.15) is 80.8 Å². The maximum atomic E-state index is 4.77. The predicted octanol–water partition coefficient (Wildman–Crippen LogP) is 8.88. The van der Waals surface area contributed by atoms with Gasteiger partial charge in [0, 0.05) is 29.8 Å². The third-order valence-electron chi connectivity index (χ3n) is 6.44. The van der Waals surface area contributed by atoms with Crippen LogP contribution in [0.2, 0.25) is 0 Å². The summed E-state index contributed by atoms with van der Waals surface area (Å²) in [7, 11) is 0. The zero-order valence-corrected chi connectivity index (χ0v) is 22.3. The highest BCUT2D eigenvalue weighted by molar-refractivity contribution is 5.71. The summed E-state index contributed by atoms with van der Waals surface area (Å²) in [6.07, 6.45) is 10.3. The number of rotatable bonds is 6. The van der Waals surface area contributed by atoms with Gasteiger partial charge < -0.3 is 0 Å². The molecule has 3 heteroatoms. The number of benzene rings is 2. The van der Waals surface area contributed by atoms with Crippen molar-refractivity contribution in [2.75, 3.05) is 0 Å². The first-order valence-electron chi connectivity index (χ1n) is 12.7. The summed E-state index contributed by atoms with van der Waals surface area (Å²) >= 11 is 0. The van der Waals surface area contributed by atoms with E-state index in [1.165, 1.54) is 64.0 Å². The van der Waals surface area contributed by atoms with Crippen LogP contribution < -0.4 is 0 Å². The number of aryl methyl sites for hydroxylation is 4. The van der Waals surface area contributed by atoms with E-state index in [1.807, 2.05) is 6.20 Å². The molecule has 0 saturated heterocycles. The maximum Gasteiger partial charge on any atom is 0.218 e. The summed E-state index contributed by atoms with van der Waals surface area (Å²) in [6.45, 7) is 17.6. The number of hydrogen-bond acceptors (Lipinski definition) is 1. The Morgan fingerprint density at radius 1 is 0.794 bits per heavy atom. The van der Waals surface area contributed by atoms with Crippen LogP contribution in [0.25, 0.3) is 22.8 Å². The summed E-state index contributed by atoms with van der Waals surface area (Å²) in [4.78, 5) is 4.77. The van der Waals surface area contributed by atoms with Gasteiger partial charge in [0.05, 0.1) is 5.69 Å². The zero-order chi connectivity index (χ0) is 24.8. The molecule has 0 aliphatic carbocycles. The molecule has 0 amide bonds. The van der Waals surface area contributed by atoms with Crippen molar-refractivity contribution in [3.05, 3.63) is 89.0 Å². The van der Waals surface area contributed by atoms with Crippen LogP contribution in [-0.4, -0.2) is 14.1 Å². The summed E-state index contributed by atoms with van der Waals surface area (Å²) < 4.78 is 4.47. The third kappa shape index (κ3) is 5.35. The monoisotopic (exact) mass is 455 g/mol. The minimum Gasteiger partial charge on any atom is -0.290 e. The lowest BCUT2D eigenvalue weighted by Gasteiger charge is -2.16. The average molecular weight is 456 g/mol. The first-order valence-corrected chi connectivity index (χ1v) is 12.7. The highest BCUT2D eigenvalue weighted by Crippen LogP contribution is 2.33. The summed E-state index contributed by atoms with van der Waals surface area (Å²) in [6, 6.07) is 15.3. The highest BCUT2D eigenvalue weighted by Gasteiger charge is 2.19. The van der Waals surface area contributed by atoms with Gasteiger partial charge in [-0.25, -0.2) is 4.98 Å². The number of imidazole rings is 1. The van der Waals surface area contributed by atoms with Crippen LogP contribution in [0.3, 0.4) is 0 Å². The quantitative estimate of drug-likeness (QED) is 0.284. The second kappa shape index (κ2) is 11.4. The van der Waals surface area contributed by atoms with E-state index in [1.54, 1.807) is 0 Å². The van der Waals surface area contributed by atoms with E-state index in [2.05, 4.69) is 119 Å². The van der Waals surface area contributed by atoms with E-state index < -0.39 is 0 Å². The van der Waals surface area contributed by atoms with Gasteiger partial charge in [-0.1, -0.05) is 83.4 Å². The lowest BCUT2D eigenvalue weighted by atomic mass is 9.97. The van der Waals surface area contributed by atoms with Gasteiger partial charge in [0.1, 0.15) is 0 Å². The predicted molar refractivity (Wildman–Crippen MR) is 147 cm³/mol. The van der Waals surface area contributed by atoms with E-state index in [4.69, 9.17) is 4.98 Å². The first-order chi connectivity index (χ1) is 16.3. The largest absolute Gasteiger partial charge is 0.290 e. The van der Waals surface area contributed by atoms with E-state index in [-0.39, 0.29) is 0 Å². The number of aromatic nitrogens is 3. The molecule has 180 valence electrons. The number of nitrogens with zero attached hydrogens (tertiary/aromatic N) is 3. The van der Waals surface area contributed by atoms with Crippen LogP contribution in [-0.2, 0) is 0 Å². The molecular weight excluding hydrogens is 414 g/mol. The van der Waals surface area contributed by atoms with Crippen LogP contribution in [0, 0.1) is 27.7 Å². The van der Waals surface area contributed by atoms with Gasteiger partial charge in [0.15, 0.2) is 0 Å². The molecule has 0 aliphatic heterocycles. The molecule has 0 N–H and O–H groups in total. The smallest absolute Gasteiger partial charge is 0.218 e. The molecule has 0 spiro atoms. The third-order valence-corrected chi connectivity index (χ3v) is 6.44. The Kier molecular flexibility index (Phi) is 8.55. The molecule has 4 rings (SSSR count). The summed E-state index contributed by atoms with van der Waals surface area (Å²) in [5.41, 5.74) is 10.1. The van der Waals surface area contributed by atoms with E-state index in [0.717, 1.165) is 5.95 Å². The fourth-order valence-corrected chi connectivity index (χ4v) is 4.69. The molecule has 2 aromatic carbocycles. The molecule has 0 bridgehead atoms. The highest BCUT2D eigenvalue weighted by atomic mass is 15.2. The fraction of sp³-hybridized carbons (Fsp3) is 0.387. The topological polar surface area (TPSA) is 22.8 Å². The molecule has 0 fully saturated rings. The molecule has 0 atom stereocenters. The van der Waals surface area contributed by atoms with Gasteiger partial charge in [-0.2, -0.15) is 0 Å². The molecule has 2 heterocycles. The van der Waals surface area contributed by atoms with E-state index in [9.17, 15) is 0 Å². The molecule has 4 aromatic rings. The Balaban J connectivity index is 0.000000588. The molecule has 3 nitrogen and oxygen atoms in total. The van der Waals surface area contributed by atoms with Crippen molar-refractivity contribution in [1.29, 1.82) is 0 Å². The molecule has 34 heavy (non-hydrogen) atoms. The number of unbranched alkanes of at least 4 members (excludes halogenated alkanes) is 2. The zero-order valence-electron chi connectivity index (χ0n) is 22.3. The molecule has 2 aromatic heterocycles. The summed E-state index contributed by atoms with van der Waals surface area (Å²) in [5, 5.41) is 0. The minimum atomic E-state index is 0.385. The van der Waals surface area contributed by atoms with Crippen LogP contribution in [0.15, 0.2) is 61.1 Å². The van der Waals surface area contributed by atoms with Crippen LogP contribution >= 0.6 is 0 Å². The SMILES string of the molecule is CCCCC.Cc1cccc(C)c1-c1cc(C(C)C)n(-c2nccn2-c2c(C)cccc2C)c1. The standard InChI is InChI=1S/C26H29N3.C5H12/c1-17(2)23-15-22(24-18(3)9-7-10-19(24)4)16-29(23)26-27-13-14-28(26)25-20(5)11-8-12-21(25)6;1-3-5-4-2/h7-17H,1-6H3;3-5H2,1-2H3. The minimum absolute atomic E-state index is 0.385. The van der Waals surface area contributed by atoms with Crippen molar-refractivity contribution in [2.24, 2.45) is 0 Å². The second-order valence-electron chi connectivity index (χ2n) is 9.64. The molecule has 0 saturated carbocycles. The Bertz CT molecular complexity index is 1180. The van der Waals surface area contributed by atoms with Crippen molar-refractivity contribution in [1.82, 2.24) is 14.1 Å². The Labute approximate surface area is 206 Å². The van der Waals surface area contributed by atoms with Gasteiger partial charge >= 0.3 is 0 Å². The van der Waals surface area contributed by atoms with Crippen molar-refractivity contribution in [3.63, 3.8) is 0 Å². The Hall–Kier alpha value is -3.07. The van der Waals surface area contributed by atoms with Gasteiger partial charge in [-0.05, 0) is 67.5 Å². The normalized spacial score (nSPS) is 11.0. The Morgan fingerprint density at radius 3 is 1.85 bits per heavy atom. The Morgan fingerprint density at radius 2 is 1.35 bits per heavy atom. The van der Waals surface area contributed by atoms with Crippen molar-refractivity contribution < 1.29 is 0 Å². The number of para-hydroxylation sites is 1. The number of hydrogen-bond donors (Lipinski definition) is 0. The summed E-state index contributed by atoms with van der Waals surface area (Å²) in [5.74, 6) is 1.32.